The van der Waals surface area contributed by atoms with Gasteiger partial charge in [0.2, 0.25) is 0 Å². The van der Waals surface area contributed by atoms with Crippen molar-refractivity contribution < 1.29 is 14.5 Å². The highest BCUT2D eigenvalue weighted by Crippen LogP contribution is 2.39. The predicted octanol–water partition coefficient (Wildman–Crippen LogP) is 8.37. The van der Waals surface area contributed by atoms with Crippen molar-refractivity contribution in [3.8, 4) is 5.75 Å². The average Bonchev–Trinajstić information content (AvgIpc) is 3.14. The van der Waals surface area contributed by atoms with Gasteiger partial charge in [0.1, 0.15) is 12.4 Å². The van der Waals surface area contributed by atoms with Gasteiger partial charge in [-0.2, -0.15) is 0 Å². The lowest BCUT2D eigenvalue weighted by molar-refractivity contribution is -0.384. The summed E-state index contributed by atoms with van der Waals surface area (Å²) >= 11 is 14.4. The number of hydrogen-bond acceptors (Lipinski definition) is 6. The monoisotopic (exact) mass is 663 g/mol. The van der Waals surface area contributed by atoms with Gasteiger partial charge in [-0.25, -0.2) is 4.99 Å². The fraction of sp³-hybridized carbons (Fsp3) is 0.154. The number of non-ortho nitro benzene ring substituents is 1. The summed E-state index contributed by atoms with van der Waals surface area (Å²) in [6.45, 7) is 2.73. The molecule has 7 nitrogen and oxygen atoms in total. The van der Waals surface area contributed by atoms with E-state index in [1.807, 2.05) is 37.3 Å². The van der Waals surface area contributed by atoms with Gasteiger partial charge >= 0.3 is 0 Å². The molecule has 37 heavy (non-hydrogen) atoms. The number of amidine groups is 1. The number of carbonyl (C=O) groups is 1. The van der Waals surface area contributed by atoms with E-state index in [9.17, 15) is 14.9 Å². The van der Waals surface area contributed by atoms with E-state index < -0.39 is 4.92 Å². The van der Waals surface area contributed by atoms with E-state index in [4.69, 9.17) is 16.3 Å². The van der Waals surface area contributed by atoms with E-state index in [1.54, 1.807) is 29.2 Å². The van der Waals surface area contributed by atoms with Crippen LogP contribution in [0.25, 0.3) is 6.08 Å². The molecule has 1 heterocycles. The second-order valence-corrected chi connectivity index (χ2v) is 11.1. The molecule has 0 aromatic heterocycles. The van der Waals surface area contributed by atoms with Gasteiger partial charge in [0.25, 0.3) is 11.6 Å². The summed E-state index contributed by atoms with van der Waals surface area (Å²) in [5.74, 6) is 0.453. The largest absolute Gasteiger partial charge is 0.487 e. The molecule has 1 aliphatic rings. The molecule has 0 aliphatic carbocycles. The molecule has 4 rings (SSSR count). The highest BCUT2D eigenvalue weighted by atomic mass is 79.9. The molecular weight excluding hydrogens is 646 g/mol. The van der Waals surface area contributed by atoms with Gasteiger partial charge in [0, 0.05) is 23.7 Å². The highest BCUT2D eigenvalue weighted by molar-refractivity contribution is 9.11. The molecule has 1 saturated heterocycles. The number of amides is 1. The van der Waals surface area contributed by atoms with Crippen LogP contribution in [0.1, 0.15) is 24.5 Å². The van der Waals surface area contributed by atoms with Crippen molar-refractivity contribution in [3.63, 3.8) is 0 Å². The SMILES string of the molecule is CCCN1C(=O)/C(=C/c2cc(Br)c(OCc3cccc([N+](=O)[O-])c3)c(Br)c2)SC1=Nc1ccc(Cl)cc1. The Hall–Kier alpha value is -2.66. The van der Waals surface area contributed by atoms with Crippen molar-refractivity contribution in [2.75, 3.05) is 6.54 Å². The number of hydrogen-bond donors (Lipinski definition) is 0. The maximum absolute atomic E-state index is 13.2. The Bertz CT molecular complexity index is 1390. The van der Waals surface area contributed by atoms with Crippen molar-refractivity contribution >= 4 is 83.7 Å². The third-order valence-electron chi connectivity index (χ3n) is 5.21. The first kappa shape index (κ1) is 27.4. The Kier molecular flexibility index (Phi) is 9.07. The lowest BCUT2D eigenvalue weighted by Crippen LogP contribution is -2.29. The van der Waals surface area contributed by atoms with E-state index in [2.05, 4.69) is 36.9 Å². The predicted molar refractivity (Wildman–Crippen MR) is 155 cm³/mol. The molecule has 0 radical (unpaired) electrons. The van der Waals surface area contributed by atoms with Gasteiger partial charge in [0.15, 0.2) is 5.17 Å². The number of carbonyl (C=O) groups excluding carboxylic acids is 1. The molecule has 190 valence electrons. The van der Waals surface area contributed by atoms with Crippen LogP contribution in [0.5, 0.6) is 5.75 Å². The third-order valence-corrected chi connectivity index (χ3v) is 7.65. The number of nitro benzene ring substituents is 1. The summed E-state index contributed by atoms with van der Waals surface area (Å²) in [5.41, 5.74) is 2.20. The fourth-order valence-electron chi connectivity index (χ4n) is 3.51. The zero-order valence-electron chi connectivity index (χ0n) is 19.5. The quantitative estimate of drug-likeness (QED) is 0.137. The first-order valence-electron chi connectivity index (χ1n) is 11.2. The number of rotatable bonds is 8. The van der Waals surface area contributed by atoms with Gasteiger partial charge in [-0.1, -0.05) is 30.7 Å². The van der Waals surface area contributed by atoms with Crippen molar-refractivity contribution in [2.45, 2.75) is 20.0 Å². The second-order valence-electron chi connectivity index (χ2n) is 7.97. The Morgan fingerprint density at radius 3 is 2.49 bits per heavy atom. The number of nitrogens with zero attached hydrogens (tertiary/aromatic N) is 3. The molecular formula is C26H20Br2ClN3O4S. The minimum atomic E-state index is -0.437. The molecule has 0 bridgehead atoms. The smallest absolute Gasteiger partial charge is 0.269 e. The lowest BCUT2D eigenvalue weighted by atomic mass is 10.2. The molecule has 0 unspecified atom stereocenters. The maximum atomic E-state index is 13.2. The topological polar surface area (TPSA) is 85.0 Å². The van der Waals surface area contributed by atoms with E-state index in [-0.39, 0.29) is 18.2 Å². The van der Waals surface area contributed by atoms with Crippen LogP contribution in [0.3, 0.4) is 0 Å². The average molecular weight is 666 g/mol. The number of thioether (sulfide) groups is 1. The first-order valence-corrected chi connectivity index (χ1v) is 13.9. The van der Waals surface area contributed by atoms with Crippen LogP contribution in [-0.2, 0) is 11.4 Å². The van der Waals surface area contributed by atoms with Gasteiger partial charge in [-0.15, -0.1) is 0 Å². The first-order chi connectivity index (χ1) is 17.7. The van der Waals surface area contributed by atoms with Gasteiger partial charge < -0.3 is 4.74 Å². The van der Waals surface area contributed by atoms with Crippen LogP contribution < -0.4 is 4.74 Å². The minimum absolute atomic E-state index is 0.0102. The summed E-state index contributed by atoms with van der Waals surface area (Å²) in [4.78, 5) is 30.7. The second kappa shape index (κ2) is 12.3. The van der Waals surface area contributed by atoms with E-state index in [0.717, 1.165) is 17.7 Å². The normalized spacial score (nSPS) is 15.6. The van der Waals surface area contributed by atoms with E-state index >= 15 is 0 Å². The summed E-state index contributed by atoms with van der Waals surface area (Å²) in [6, 6.07) is 17.2. The van der Waals surface area contributed by atoms with E-state index in [0.29, 0.717) is 41.9 Å². The molecule has 1 aliphatic heterocycles. The molecule has 3 aromatic rings. The lowest BCUT2D eigenvalue weighted by Gasteiger charge is -2.14. The van der Waals surface area contributed by atoms with Gasteiger partial charge in [-0.05, 0) is 104 Å². The molecule has 0 saturated carbocycles. The molecule has 1 amide bonds. The number of nitro groups is 1. The van der Waals surface area contributed by atoms with Crippen molar-refractivity contribution in [2.24, 2.45) is 4.99 Å². The van der Waals surface area contributed by atoms with Crippen molar-refractivity contribution in [3.05, 3.63) is 101 Å². The molecule has 3 aromatic carbocycles. The Morgan fingerprint density at radius 1 is 1.14 bits per heavy atom. The minimum Gasteiger partial charge on any atom is -0.487 e. The molecule has 1 fully saturated rings. The number of benzene rings is 3. The number of halogens is 3. The molecule has 0 N–H and O–H groups in total. The highest BCUT2D eigenvalue weighted by Gasteiger charge is 2.32. The molecule has 11 heteroatoms. The van der Waals surface area contributed by atoms with Crippen LogP contribution in [0.4, 0.5) is 11.4 Å². The summed E-state index contributed by atoms with van der Waals surface area (Å²) in [7, 11) is 0. The van der Waals surface area contributed by atoms with Crippen molar-refractivity contribution in [1.82, 2.24) is 4.90 Å². The maximum Gasteiger partial charge on any atom is 0.269 e. The van der Waals surface area contributed by atoms with Gasteiger partial charge in [0.05, 0.1) is 24.5 Å². The van der Waals surface area contributed by atoms with Crippen LogP contribution in [0.2, 0.25) is 5.02 Å². The fourth-order valence-corrected chi connectivity index (χ4v) is 6.11. The summed E-state index contributed by atoms with van der Waals surface area (Å²) < 4.78 is 7.28. The van der Waals surface area contributed by atoms with Crippen LogP contribution in [0, 0.1) is 10.1 Å². The van der Waals surface area contributed by atoms with E-state index in [1.165, 1.54) is 23.9 Å². The Morgan fingerprint density at radius 2 is 1.84 bits per heavy atom. The molecule has 0 spiro atoms. The third kappa shape index (κ3) is 6.81. The van der Waals surface area contributed by atoms with Gasteiger partial charge in [-0.3, -0.25) is 19.8 Å². The van der Waals surface area contributed by atoms with Crippen molar-refractivity contribution in [1.29, 1.82) is 0 Å². The Balaban J connectivity index is 1.55. The Labute approximate surface area is 240 Å². The molecule has 0 atom stereocenters. The standard InChI is InChI=1S/C26H20Br2ClN3O4S/c1-2-10-31-25(33)23(37-26(31)30-19-8-6-18(29)7-9-19)14-17-12-21(27)24(22(28)13-17)36-15-16-4-3-5-20(11-16)32(34)35/h3-9,11-14H,2,10,15H2,1H3/b23-14-,30-26?. The summed E-state index contributed by atoms with van der Waals surface area (Å²) in [5, 5.41) is 12.3. The number of ether oxygens (including phenoxy) is 1. The van der Waals surface area contributed by atoms with Crippen LogP contribution >= 0.6 is 55.2 Å². The zero-order chi connectivity index (χ0) is 26.5. The number of aliphatic imine (C=N–C) groups is 1. The summed E-state index contributed by atoms with van der Waals surface area (Å²) in [6.07, 6.45) is 2.62. The zero-order valence-corrected chi connectivity index (χ0v) is 24.2. The van der Waals surface area contributed by atoms with Crippen LogP contribution in [-0.4, -0.2) is 27.4 Å². The van der Waals surface area contributed by atoms with Crippen LogP contribution in [0.15, 0.2) is 79.5 Å².